The van der Waals surface area contributed by atoms with Gasteiger partial charge in [0.1, 0.15) is 29.5 Å². The molecule has 0 radical (unpaired) electrons. The van der Waals surface area contributed by atoms with E-state index in [1.165, 1.54) is 25.3 Å². The maximum atomic E-state index is 13.5. The molecule has 34 heavy (non-hydrogen) atoms. The molecule has 1 aliphatic rings. The van der Waals surface area contributed by atoms with Crippen LogP contribution in [0.1, 0.15) is 11.1 Å². The van der Waals surface area contributed by atoms with Crippen molar-refractivity contribution in [3.63, 3.8) is 0 Å². The fraction of sp³-hybridized carbons (Fsp3) is 0.0800. The molecule has 1 heterocycles. The van der Waals surface area contributed by atoms with E-state index < -0.39 is 23.7 Å². The summed E-state index contributed by atoms with van der Waals surface area (Å²) in [4.78, 5) is 39.0. The fourth-order valence-corrected chi connectivity index (χ4v) is 3.58. The smallest absolute Gasteiger partial charge is 0.335 e. The number of anilines is 1. The van der Waals surface area contributed by atoms with E-state index in [4.69, 9.17) is 9.47 Å². The fourth-order valence-electron chi connectivity index (χ4n) is 3.31. The van der Waals surface area contributed by atoms with E-state index in [0.717, 1.165) is 9.37 Å². The normalized spacial score (nSPS) is 14.9. The van der Waals surface area contributed by atoms with Gasteiger partial charge in [-0.25, -0.2) is 14.1 Å². The molecule has 1 saturated heterocycles. The SMILES string of the molecule is COc1ccc(/C=C2\C(=O)NC(=O)N(c3ccc(Br)cc3)C2=O)c(OCc2cccc(F)c2)c1. The van der Waals surface area contributed by atoms with E-state index in [0.29, 0.717) is 28.3 Å². The van der Waals surface area contributed by atoms with Gasteiger partial charge in [-0.1, -0.05) is 28.1 Å². The number of barbiturate groups is 1. The van der Waals surface area contributed by atoms with Crippen molar-refractivity contribution in [2.45, 2.75) is 6.61 Å². The van der Waals surface area contributed by atoms with Crippen molar-refractivity contribution in [2.24, 2.45) is 0 Å². The van der Waals surface area contributed by atoms with Crippen molar-refractivity contribution >= 4 is 45.5 Å². The third-order valence-corrected chi connectivity index (χ3v) is 5.52. The number of rotatable bonds is 6. The number of nitrogens with zero attached hydrogens (tertiary/aromatic N) is 1. The van der Waals surface area contributed by atoms with Gasteiger partial charge in [-0.3, -0.25) is 14.9 Å². The van der Waals surface area contributed by atoms with Crippen LogP contribution in [0, 0.1) is 5.82 Å². The molecule has 9 heteroatoms. The van der Waals surface area contributed by atoms with Crippen LogP contribution in [-0.2, 0) is 16.2 Å². The van der Waals surface area contributed by atoms with Crippen LogP contribution >= 0.6 is 15.9 Å². The number of imide groups is 2. The second-order valence-electron chi connectivity index (χ2n) is 7.26. The lowest BCUT2D eigenvalue weighted by Crippen LogP contribution is -2.54. The molecule has 1 aliphatic heterocycles. The molecule has 4 rings (SSSR count). The van der Waals surface area contributed by atoms with Crippen molar-refractivity contribution in [3.05, 3.63) is 93.7 Å². The zero-order valence-corrected chi connectivity index (χ0v) is 19.5. The average Bonchev–Trinajstić information content (AvgIpc) is 2.82. The Labute approximate surface area is 202 Å². The lowest BCUT2D eigenvalue weighted by atomic mass is 10.1. The van der Waals surface area contributed by atoms with Gasteiger partial charge in [0.05, 0.1) is 12.8 Å². The zero-order valence-electron chi connectivity index (χ0n) is 17.9. The monoisotopic (exact) mass is 524 g/mol. The molecule has 4 amide bonds. The molecule has 0 atom stereocenters. The third-order valence-electron chi connectivity index (χ3n) is 4.99. The van der Waals surface area contributed by atoms with E-state index in [2.05, 4.69) is 21.2 Å². The summed E-state index contributed by atoms with van der Waals surface area (Å²) >= 11 is 3.31. The van der Waals surface area contributed by atoms with Crippen LogP contribution in [0.5, 0.6) is 11.5 Å². The highest BCUT2D eigenvalue weighted by Gasteiger charge is 2.37. The number of benzene rings is 3. The highest BCUT2D eigenvalue weighted by Crippen LogP contribution is 2.30. The van der Waals surface area contributed by atoms with Gasteiger partial charge in [0, 0.05) is 16.1 Å². The van der Waals surface area contributed by atoms with Crippen molar-refractivity contribution < 1.29 is 28.2 Å². The minimum atomic E-state index is -0.841. The summed E-state index contributed by atoms with van der Waals surface area (Å²) in [6.07, 6.45) is 1.34. The molecule has 3 aromatic rings. The number of urea groups is 1. The van der Waals surface area contributed by atoms with Crippen LogP contribution in [0.4, 0.5) is 14.9 Å². The Bertz CT molecular complexity index is 1310. The molecule has 0 unspecified atom stereocenters. The Morgan fingerprint density at radius 3 is 2.50 bits per heavy atom. The first-order valence-corrected chi connectivity index (χ1v) is 10.9. The molecule has 7 nitrogen and oxygen atoms in total. The number of carbonyl (C=O) groups is 3. The van der Waals surface area contributed by atoms with Gasteiger partial charge < -0.3 is 9.47 Å². The predicted octanol–water partition coefficient (Wildman–Crippen LogP) is 4.84. The van der Waals surface area contributed by atoms with Gasteiger partial charge in [0.2, 0.25) is 0 Å². The summed E-state index contributed by atoms with van der Waals surface area (Å²) in [7, 11) is 1.49. The van der Waals surface area contributed by atoms with Gasteiger partial charge in [-0.2, -0.15) is 0 Å². The molecular weight excluding hydrogens is 507 g/mol. The first kappa shape index (κ1) is 23.2. The van der Waals surface area contributed by atoms with Crippen LogP contribution in [0.3, 0.4) is 0 Å². The number of carbonyl (C=O) groups excluding carboxylic acids is 3. The Morgan fingerprint density at radius 1 is 1.03 bits per heavy atom. The van der Waals surface area contributed by atoms with Gasteiger partial charge in [-0.05, 0) is 60.2 Å². The summed E-state index contributed by atoms with van der Waals surface area (Å²) in [5, 5.41) is 2.19. The van der Waals surface area contributed by atoms with Crippen molar-refractivity contribution in [2.75, 3.05) is 12.0 Å². The largest absolute Gasteiger partial charge is 0.497 e. The number of methoxy groups -OCH3 is 1. The average molecular weight is 525 g/mol. The van der Waals surface area contributed by atoms with Crippen LogP contribution in [-0.4, -0.2) is 25.0 Å². The van der Waals surface area contributed by atoms with Crippen molar-refractivity contribution in [1.82, 2.24) is 5.32 Å². The molecule has 1 N–H and O–H groups in total. The van der Waals surface area contributed by atoms with Crippen LogP contribution in [0.2, 0.25) is 0 Å². The van der Waals surface area contributed by atoms with E-state index in [-0.39, 0.29) is 12.2 Å². The number of hydrogen-bond donors (Lipinski definition) is 1. The number of amides is 4. The molecule has 3 aromatic carbocycles. The minimum absolute atomic E-state index is 0.0464. The van der Waals surface area contributed by atoms with Crippen LogP contribution in [0.15, 0.2) is 76.8 Å². The quantitative estimate of drug-likeness (QED) is 0.368. The summed E-state index contributed by atoms with van der Waals surface area (Å²) in [6.45, 7) is 0.0464. The van der Waals surface area contributed by atoms with Gasteiger partial charge in [0.25, 0.3) is 11.8 Å². The van der Waals surface area contributed by atoms with E-state index in [1.807, 2.05) is 0 Å². The first-order chi connectivity index (χ1) is 16.4. The first-order valence-electron chi connectivity index (χ1n) is 10.1. The second kappa shape index (κ2) is 9.88. The molecule has 172 valence electrons. The van der Waals surface area contributed by atoms with Crippen LogP contribution < -0.4 is 19.7 Å². The molecular formula is C25H18BrFN2O5. The van der Waals surface area contributed by atoms with Crippen LogP contribution in [0.25, 0.3) is 6.08 Å². The van der Waals surface area contributed by atoms with Gasteiger partial charge in [0.15, 0.2) is 0 Å². The number of halogens is 2. The highest BCUT2D eigenvalue weighted by atomic mass is 79.9. The summed E-state index contributed by atoms with van der Waals surface area (Å²) in [6, 6.07) is 16.5. The predicted molar refractivity (Wildman–Crippen MR) is 127 cm³/mol. The summed E-state index contributed by atoms with van der Waals surface area (Å²) in [5.41, 5.74) is 1.06. The lowest BCUT2D eigenvalue weighted by Gasteiger charge is -2.26. The number of ether oxygens (including phenoxy) is 2. The molecule has 0 spiro atoms. The highest BCUT2D eigenvalue weighted by molar-refractivity contribution is 9.10. The second-order valence-corrected chi connectivity index (χ2v) is 8.17. The zero-order chi connectivity index (χ0) is 24.2. The molecule has 0 saturated carbocycles. The van der Waals surface area contributed by atoms with Crippen molar-refractivity contribution in [1.29, 1.82) is 0 Å². The topological polar surface area (TPSA) is 84.9 Å². The number of nitrogens with one attached hydrogen (secondary N) is 1. The molecule has 1 fully saturated rings. The van der Waals surface area contributed by atoms with E-state index in [9.17, 15) is 18.8 Å². The Morgan fingerprint density at radius 2 is 1.79 bits per heavy atom. The number of hydrogen-bond acceptors (Lipinski definition) is 5. The van der Waals surface area contributed by atoms with Crippen molar-refractivity contribution in [3.8, 4) is 11.5 Å². The maximum absolute atomic E-state index is 13.5. The van der Waals surface area contributed by atoms with E-state index >= 15 is 0 Å². The standard InChI is InChI=1S/C25H18BrFN2O5/c1-33-20-10-5-16(22(13-20)34-14-15-3-2-4-18(27)11-15)12-21-23(30)28-25(32)29(24(21)31)19-8-6-17(26)7-9-19/h2-13H,14H2,1H3,(H,28,30,32)/b21-12+. The summed E-state index contributed by atoms with van der Waals surface area (Å²) < 4.78 is 25.4. The van der Waals surface area contributed by atoms with E-state index in [1.54, 1.807) is 54.6 Å². The minimum Gasteiger partial charge on any atom is -0.497 e. The Hall–Kier alpha value is -3.98. The maximum Gasteiger partial charge on any atom is 0.335 e. The van der Waals surface area contributed by atoms with Gasteiger partial charge >= 0.3 is 6.03 Å². The Balaban J connectivity index is 1.68. The third kappa shape index (κ3) is 4.99. The Kier molecular flexibility index (Phi) is 6.74. The lowest BCUT2D eigenvalue weighted by molar-refractivity contribution is -0.122. The molecule has 0 aliphatic carbocycles. The molecule has 0 aromatic heterocycles. The van der Waals surface area contributed by atoms with Gasteiger partial charge in [-0.15, -0.1) is 0 Å². The summed E-state index contributed by atoms with van der Waals surface area (Å²) in [5.74, 6) is -1.19. The molecule has 0 bridgehead atoms.